The van der Waals surface area contributed by atoms with Crippen LogP contribution in [0.2, 0.25) is 0 Å². The van der Waals surface area contributed by atoms with Crippen LogP contribution in [-0.4, -0.2) is 18.5 Å². The maximum atomic E-state index is 12.4. The minimum Gasteiger partial charge on any atom is -0.349 e. The molecule has 0 aliphatic carbocycles. The highest BCUT2D eigenvalue weighted by Crippen LogP contribution is 2.21. The van der Waals surface area contributed by atoms with Crippen LogP contribution in [0.25, 0.3) is 0 Å². The zero-order chi connectivity index (χ0) is 15.4. The largest absolute Gasteiger partial charge is 0.349 e. The topological polar surface area (TPSA) is 41.1 Å². The molecule has 0 radical (unpaired) electrons. The maximum absolute atomic E-state index is 12.4. The van der Waals surface area contributed by atoms with Crippen molar-refractivity contribution in [2.75, 3.05) is 6.54 Å². The summed E-state index contributed by atoms with van der Waals surface area (Å²) < 4.78 is 0. The van der Waals surface area contributed by atoms with Crippen molar-refractivity contribution in [2.45, 2.75) is 58.5 Å². The molecule has 3 atom stereocenters. The molecule has 0 saturated carbocycles. The third kappa shape index (κ3) is 4.99. The molecule has 2 rings (SSSR count). The van der Waals surface area contributed by atoms with E-state index < -0.39 is 0 Å². The van der Waals surface area contributed by atoms with Gasteiger partial charge in [0.25, 0.3) is 0 Å². The summed E-state index contributed by atoms with van der Waals surface area (Å²) in [5.74, 6) is 0.891. The average molecular weight is 325 g/mol. The van der Waals surface area contributed by atoms with E-state index in [1.54, 1.807) is 0 Å². The number of benzene rings is 1. The molecule has 0 aromatic heterocycles. The van der Waals surface area contributed by atoms with Crippen LogP contribution < -0.4 is 10.6 Å². The second-order valence-corrected chi connectivity index (χ2v) is 6.63. The van der Waals surface area contributed by atoms with E-state index in [1.807, 2.05) is 0 Å². The normalized spacial score (nSPS) is 22.8. The fourth-order valence-electron chi connectivity index (χ4n) is 2.95. The van der Waals surface area contributed by atoms with Crippen molar-refractivity contribution in [2.24, 2.45) is 5.92 Å². The summed E-state index contributed by atoms with van der Waals surface area (Å²) in [6, 6.07) is 9.10. The van der Waals surface area contributed by atoms with Gasteiger partial charge in [-0.05, 0) is 50.3 Å². The molecular formula is C18H29ClN2O. The van der Waals surface area contributed by atoms with Crippen LogP contribution >= 0.6 is 12.4 Å². The van der Waals surface area contributed by atoms with Gasteiger partial charge in [-0.15, -0.1) is 12.4 Å². The summed E-state index contributed by atoms with van der Waals surface area (Å²) in [6.07, 6.45) is 1.88. The summed E-state index contributed by atoms with van der Waals surface area (Å²) in [5.41, 5.74) is 2.51. The van der Waals surface area contributed by atoms with Crippen LogP contribution in [0.15, 0.2) is 24.3 Å². The molecule has 0 bridgehead atoms. The van der Waals surface area contributed by atoms with Gasteiger partial charge in [0.1, 0.15) is 0 Å². The quantitative estimate of drug-likeness (QED) is 0.884. The van der Waals surface area contributed by atoms with Gasteiger partial charge in [0.2, 0.25) is 5.91 Å². The molecular weight excluding hydrogens is 296 g/mol. The molecule has 1 fully saturated rings. The molecule has 1 amide bonds. The lowest BCUT2D eigenvalue weighted by Crippen LogP contribution is -2.42. The molecule has 2 N–H and O–H groups in total. The molecule has 124 valence electrons. The van der Waals surface area contributed by atoms with E-state index in [1.165, 1.54) is 11.1 Å². The van der Waals surface area contributed by atoms with Crippen LogP contribution in [0.5, 0.6) is 0 Å². The van der Waals surface area contributed by atoms with Gasteiger partial charge in [-0.3, -0.25) is 4.79 Å². The highest BCUT2D eigenvalue weighted by Gasteiger charge is 2.25. The Bertz CT molecular complexity index is 472. The summed E-state index contributed by atoms with van der Waals surface area (Å²) in [7, 11) is 0. The van der Waals surface area contributed by atoms with Crippen LogP contribution in [0.3, 0.4) is 0 Å². The molecule has 3 nitrogen and oxygen atoms in total. The predicted molar refractivity (Wildman–Crippen MR) is 94.5 cm³/mol. The first-order valence-corrected chi connectivity index (χ1v) is 8.11. The Labute approximate surface area is 140 Å². The van der Waals surface area contributed by atoms with Crippen molar-refractivity contribution in [1.29, 1.82) is 0 Å². The fraction of sp³-hybridized carbons (Fsp3) is 0.611. The van der Waals surface area contributed by atoms with E-state index in [-0.39, 0.29) is 30.3 Å². The van der Waals surface area contributed by atoms with Gasteiger partial charge in [0.15, 0.2) is 0 Å². The number of hydrogen-bond donors (Lipinski definition) is 2. The van der Waals surface area contributed by atoms with Crippen molar-refractivity contribution in [3.63, 3.8) is 0 Å². The maximum Gasteiger partial charge on any atom is 0.223 e. The minimum atomic E-state index is 0. The number of nitrogens with one attached hydrogen (secondary N) is 2. The van der Waals surface area contributed by atoms with Gasteiger partial charge in [-0.1, -0.05) is 38.1 Å². The molecule has 1 saturated heterocycles. The molecule has 1 unspecified atom stereocenters. The Morgan fingerprint density at radius 3 is 2.32 bits per heavy atom. The van der Waals surface area contributed by atoms with Gasteiger partial charge in [0, 0.05) is 12.0 Å². The Hall–Kier alpha value is -1.06. The van der Waals surface area contributed by atoms with E-state index in [4.69, 9.17) is 0 Å². The molecule has 1 aromatic rings. The van der Waals surface area contributed by atoms with Crippen LogP contribution in [-0.2, 0) is 4.79 Å². The van der Waals surface area contributed by atoms with Crippen molar-refractivity contribution in [1.82, 2.24) is 10.6 Å². The van der Waals surface area contributed by atoms with E-state index in [0.717, 1.165) is 19.4 Å². The van der Waals surface area contributed by atoms with Gasteiger partial charge < -0.3 is 10.6 Å². The standard InChI is InChI=1S/C18H28N2O.ClH/c1-12(2)15-5-7-16(8-6-15)14(4)20-18(21)17-9-10-19-13(3)11-17;/h5-8,12-14,17,19H,9-11H2,1-4H3,(H,20,21);1H/t13-,14?,17-;/m0./s1. The second-order valence-electron chi connectivity index (χ2n) is 6.63. The van der Waals surface area contributed by atoms with Gasteiger partial charge in [-0.25, -0.2) is 0 Å². The highest BCUT2D eigenvalue weighted by molar-refractivity contribution is 5.85. The highest BCUT2D eigenvalue weighted by atomic mass is 35.5. The first-order valence-electron chi connectivity index (χ1n) is 8.11. The van der Waals surface area contributed by atoms with Crippen LogP contribution in [0.1, 0.15) is 63.6 Å². The van der Waals surface area contributed by atoms with E-state index in [2.05, 4.69) is 62.6 Å². The summed E-state index contributed by atoms with van der Waals surface area (Å²) in [4.78, 5) is 12.4. The lowest BCUT2D eigenvalue weighted by Gasteiger charge is -2.28. The molecule has 1 aromatic carbocycles. The summed E-state index contributed by atoms with van der Waals surface area (Å²) in [5, 5.41) is 6.56. The lowest BCUT2D eigenvalue weighted by molar-refractivity contribution is -0.126. The summed E-state index contributed by atoms with van der Waals surface area (Å²) in [6.45, 7) is 9.54. The SMILES string of the molecule is CC(C)c1ccc(C(C)NC(=O)[C@H]2CCN[C@@H](C)C2)cc1.Cl. The number of carbonyl (C=O) groups is 1. The first kappa shape index (κ1) is 19.0. The van der Waals surface area contributed by atoms with E-state index >= 15 is 0 Å². The van der Waals surface area contributed by atoms with E-state index in [9.17, 15) is 4.79 Å². The molecule has 0 spiro atoms. The first-order chi connectivity index (χ1) is 9.97. The smallest absolute Gasteiger partial charge is 0.223 e. The number of carbonyl (C=O) groups excluding carboxylic acids is 1. The monoisotopic (exact) mass is 324 g/mol. The number of halogens is 1. The number of rotatable bonds is 4. The van der Waals surface area contributed by atoms with Gasteiger partial charge >= 0.3 is 0 Å². The third-order valence-electron chi connectivity index (χ3n) is 4.46. The average Bonchev–Trinajstić information content (AvgIpc) is 2.47. The number of amides is 1. The summed E-state index contributed by atoms with van der Waals surface area (Å²) >= 11 is 0. The molecule has 1 aliphatic rings. The van der Waals surface area contributed by atoms with Crippen LogP contribution in [0, 0.1) is 5.92 Å². The van der Waals surface area contributed by atoms with Crippen molar-refractivity contribution in [3.05, 3.63) is 35.4 Å². The second kappa shape index (κ2) is 8.54. The Balaban J connectivity index is 0.00000242. The van der Waals surface area contributed by atoms with Crippen LogP contribution in [0.4, 0.5) is 0 Å². The Kier molecular flexibility index (Phi) is 7.37. The van der Waals surface area contributed by atoms with Crippen molar-refractivity contribution in [3.8, 4) is 0 Å². The molecule has 1 aliphatic heterocycles. The number of hydrogen-bond acceptors (Lipinski definition) is 2. The lowest BCUT2D eigenvalue weighted by atomic mass is 9.92. The van der Waals surface area contributed by atoms with E-state index in [0.29, 0.717) is 12.0 Å². The van der Waals surface area contributed by atoms with Crippen molar-refractivity contribution >= 4 is 18.3 Å². The Morgan fingerprint density at radius 2 is 1.77 bits per heavy atom. The zero-order valence-electron chi connectivity index (χ0n) is 14.1. The molecule has 4 heteroatoms. The van der Waals surface area contributed by atoms with Crippen molar-refractivity contribution < 1.29 is 4.79 Å². The Morgan fingerprint density at radius 1 is 1.18 bits per heavy atom. The predicted octanol–water partition coefficient (Wildman–Crippen LogP) is 3.80. The fourth-order valence-corrected chi connectivity index (χ4v) is 2.95. The molecule has 22 heavy (non-hydrogen) atoms. The third-order valence-corrected chi connectivity index (χ3v) is 4.46. The molecule has 1 heterocycles. The number of piperidine rings is 1. The minimum absolute atomic E-state index is 0. The zero-order valence-corrected chi connectivity index (χ0v) is 14.9. The van der Waals surface area contributed by atoms with Gasteiger partial charge in [-0.2, -0.15) is 0 Å². The van der Waals surface area contributed by atoms with Gasteiger partial charge in [0.05, 0.1) is 6.04 Å².